The van der Waals surface area contributed by atoms with E-state index >= 15 is 0 Å². The number of likely N-dealkylation sites (tertiary alicyclic amines) is 1. The van der Waals surface area contributed by atoms with E-state index in [4.69, 9.17) is 15.2 Å². The third-order valence-corrected chi connectivity index (χ3v) is 5.19. The van der Waals surface area contributed by atoms with Gasteiger partial charge in [0.15, 0.2) is 5.96 Å². The highest BCUT2D eigenvalue weighted by molar-refractivity contribution is 5.85. The molecule has 2 aromatic carbocycles. The fourth-order valence-corrected chi connectivity index (χ4v) is 3.74. The van der Waals surface area contributed by atoms with Gasteiger partial charge >= 0.3 is 5.97 Å². The Morgan fingerprint density at radius 2 is 1.63 bits per heavy atom. The van der Waals surface area contributed by atoms with Crippen molar-refractivity contribution in [1.29, 1.82) is 0 Å². The van der Waals surface area contributed by atoms with E-state index in [0.29, 0.717) is 17.5 Å². The molecule has 0 spiro atoms. The van der Waals surface area contributed by atoms with E-state index in [2.05, 4.69) is 4.99 Å². The Bertz CT molecular complexity index is 827. The van der Waals surface area contributed by atoms with Crippen LogP contribution in [0.2, 0.25) is 0 Å². The van der Waals surface area contributed by atoms with Crippen molar-refractivity contribution in [1.82, 2.24) is 4.90 Å². The van der Waals surface area contributed by atoms with Gasteiger partial charge in [-0.15, -0.1) is 0 Å². The van der Waals surface area contributed by atoms with E-state index in [1.165, 1.54) is 0 Å². The van der Waals surface area contributed by atoms with Crippen LogP contribution in [0.1, 0.15) is 29.9 Å². The minimum absolute atomic E-state index is 0.111. The highest BCUT2D eigenvalue weighted by Gasteiger charge is 2.35. The minimum atomic E-state index is -0.466. The number of ether oxygens (including phenoxy) is 2. The Hall–Kier alpha value is -3.02. The van der Waals surface area contributed by atoms with Crippen LogP contribution in [0, 0.1) is 0 Å². The summed E-state index contributed by atoms with van der Waals surface area (Å²) >= 11 is 0. The quantitative estimate of drug-likeness (QED) is 0.503. The number of benzene rings is 2. The van der Waals surface area contributed by atoms with Gasteiger partial charge in [-0.25, -0.2) is 0 Å². The van der Waals surface area contributed by atoms with E-state index in [9.17, 15) is 4.79 Å². The first-order valence-corrected chi connectivity index (χ1v) is 9.20. The molecule has 6 heteroatoms. The number of piperidine rings is 1. The summed E-state index contributed by atoms with van der Waals surface area (Å²) in [5, 5.41) is 0. The van der Waals surface area contributed by atoms with Crippen LogP contribution >= 0.6 is 0 Å². The molecule has 0 radical (unpaired) electrons. The maximum Gasteiger partial charge on any atom is 0.318 e. The van der Waals surface area contributed by atoms with Crippen molar-refractivity contribution in [2.75, 3.05) is 20.1 Å². The molecule has 27 heavy (non-hydrogen) atoms. The van der Waals surface area contributed by atoms with Gasteiger partial charge in [0, 0.05) is 44.1 Å². The molecular weight excluding hydrogens is 342 g/mol. The Morgan fingerprint density at radius 3 is 2.19 bits per heavy atom. The van der Waals surface area contributed by atoms with Gasteiger partial charge in [0.05, 0.1) is 0 Å². The number of fused-ring (bicyclic) bond motifs is 2. The monoisotopic (exact) mass is 365 g/mol. The third-order valence-electron chi connectivity index (χ3n) is 5.19. The predicted molar refractivity (Wildman–Crippen MR) is 103 cm³/mol. The number of carbonyl (C=O) groups excluding carboxylic acids is 1. The van der Waals surface area contributed by atoms with Crippen LogP contribution in [-0.2, 0) is 9.53 Å². The van der Waals surface area contributed by atoms with E-state index in [0.717, 1.165) is 37.1 Å². The van der Waals surface area contributed by atoms with Crippen molar-refractivity contribution in [3.63, 3.8) is 0 Å². The summed E-state index contributed by atoms with van der Waals surface area (Å²) in [6, 6.07) is 15.3. The summed E-state index contributed by atoms with van der Waals surface area (Å²) in [4.78, 5) is 19.2. The van der Waals surface area contributed by atoms with Crippen LogP contribution in [0.4, 0.5) is 0 Å². The predicted octanol–water partition coefficient (Wildman–Crippen LogP) is 2.88. The molecule has 0 aromatic heterocycles. The summed E-state index contributed by atoms with van der Waals surface area (Å²) in [6.07, 6.45) is 1.38. The number of hydrogen-bond donors (Lipinski definition) is 1. The van der Waals surface area contributed by atoms with Crippen LogP contribution in [0.3, 0.4) is 0 Å². The van der Waals surface area contributed by atoms with Gasteiger partial charge < -0.3 is 20.1 Å². The second-order valence-corrected chi connectivity index (χ2v) is 6.82. The zero-order chi connectivity index (χ0) is 18.8. The van der Waals surface area contributed by atoms with Gasteiger partial charge in [-0.1, -0.05) is 36.4 Å². The average Bonchev–Trinajstić information content (AvgIpc) is 2.71. The standard InChI is InChI=1S/C21H23N3O3/c1-23-21(22)24-12-10-14(11-13-24)26-20(25)19-15-6-2-4-8-17(15)27-18-9-5-3-7-16(18)19/h2-9,14,19H,10-13H2,1H3,(H2,22,23). The third kappa shape index (κ3) is 3.35. The van der Waals surface area contributed by atoms with Gasteiger partial charge in [0.1, 0.15) is 23.5 Å². The van der Waals surface area contributed by atoms with Gasteiger partial charge in [-0.05, 0) is 12.1 Å². The van der Waals surface area contributed by atoms with Crippen molar-refractivity contribution < 1.29 is 14.3 Å². The number of guanidine groups is 1. The molecule has 1 fully saturated rings. The van der Waals surface area contributed by atoms with Crippen molar-refractivity contribution >= 4 is 11.9 Å². The molecule has 2 aliphatic heterocycles. The number of aliphatic imine (C=N–C) groups is 1. The second-order valence-electron chi connectivity index (χ2n) is 6.82. The highest BCUT2D eigenvalue weighted by atomic mass is 16.5. The molecule has 140 valence electrons. The molecule has 2 heterocycles. The van der Waals surface area contributed by atoms with E-state index in [-0.39, 0.29) is 12.1 Å². The largest absolute Gasteiger partial charge is 0.462 e. The molecule has 0 amide bonds. The molecule has 6 nitrogen and oxygen atoms in total. The Morgan fingerprint density at radius 1 is 1.07 bits per heavy atom. The number of rotatable bonds is 2. The molecule has 0 unspecified atom stereocenters. The van der Waals surface area contributed by atoms with Crippen molar-refractivity contribution in [3.8, 4) is 11.5 Å². The van der Waals surface area contributed by atoms with Crippen LogP contribution < -0.4 is 10.5 Å². The fraction of sp³-hybridized carbons (Fsp3) is 0.333. The second kappa shape index (κ2) is 7.31. The first-order chi connectivity index (χ1) is 13.2. The molecule has 0 atom stereocenters. The summed E-state index contributed by atoms with van der Waals surface area (Å²) < 4.78 is 11.9. The summed E-state index contributed by atoms with van der Waals surface area (Å²) in [5.41, 5.74) is 7.57. The maximum atomic E-state index is 13.1. The van der Waals surface area contributed by atoms with Crippen molar-refractivity contribution in [2.45, 2.75) is 24.9 Å². The van der Waals surface area contributed by atoms with Crippen LogP contribution in [0.5, 0.6) is 11.5 Å². The number of hydrogen-bond acceptors (Lipinski definition) is 4. The zero-order valence-electron chi connectivity index (χ0n) is 15.3. The normalized spacial score (nSPS) is 17.7. The van der Waals surface area contributed by atoms with Gasteiger partial charge in [0.25, 0.3) is 0 Å². The SMILES string of the molecule is CN=C(N)N1CCC(OC(=O)C2c3ccccc3Oc3ccccc32)CC1. The molecule has 4 rings (SSSR count). The molecule has 2 aliphatic rings. The minimum Gasteiger partial charge on any atom is -0.462 e. The van der Waals surface area contributed by atoms with Crippen LogP contribution in [0.25, 0.3) is 0 Å². The zero-order valence-corrected chi connectivity index (χ0v) is 15.3. The number of nitrogens with two attached hydrogens (primary N) is 1. The molecule has 2 aromatic rings. The molecule has 2 N–H and O–H groups in total. The number of para-hydroxylation sites is 2. The Kier molecular flexibility index (Phi) is 4.71. The first kappa shape index (κ1) is 17.4. The molecule has 0 aliphatic carbocycles. The van der Waals surface area contributed by atoms with E-state index in [1.807, 2.05) is 53.4 Å². The lowest BCUT2D eigenvalue weighted by molar-refractivity contribution is -0.151. The summed E-state index contributed by atoms with van der Waals surface area (Å²) in [6.45, 7) is 1.48. The topological polar surface area (TPSA) is 77.1 Å². The molecular formula is C21H23N3O3. The van der Waals surface area contributed by atoms with Crippen molar-refractivity contribution in [2.24, 2.45) is 10.7 Å². The van der Waals surface area contributed by atoms with Crippen LogP contribution in [-0.4, -0.2) is 43.1 Å². The van der Waals surface area contributed by atoms with Gasteiger partial charge in [-0.2, -0.15) is 0 Å². The lowest BCUT2D eigenvalue weighted by atomic mass is 9.88. The lowest BCUT2D eigenvalue weighted by Gasteiger charge is -2.33. The van der Waals surface area contributed by atoms with Crippen molar-refractivity contribution in [3.05, 3.63) is 59.7 Å². The average molecular weight is 365 g/mol. The van der Waals surface area contributed by atoms with Gasteiger partial charge in [-0.3, -0.25) is 9.79 Å². The Balaban J connectivity index is 1.53. The molecule has 0 bridgehead atoms. The molecule has 0 saturated carbocycles. The van der Waals surface area contributed by atoms with Crippen LogP contribution in [0.15, 0.2) is 53.5 Å². The highest BCUT2D eigenvalue weighted by Crippen LogP contribution is 2.44. The smallest absolute Gasteiger partial charge is 0.318 e. The number of esters is 1. The lowest BCUT2D eigenvalue weighted by Crippen LogP contribution is -2.45. The van der Waals surface area contributed by atoms with E-state index < -0.39 is 5.92 Å². The maximum absolute atomic E-state index is 13.1. The first-order valence-electron chi connectivity index (χ1n) is 9.20. The summed E-state index contributed by atoms with van der Waals surface area (Å²) in [5.74, 6) is 1.26. The van der Waals surface area contributed by atoms with Gasteiger partial charge in [0.2, 0.25) is 0 Å². The van der Waals surface area contributed by atoms with E-state index in [1.54, 1.807) is 7.05 Å². The number of nitrogens with zero attached hydrogens (tertiary/aromatic N) is 2. The number of carbonyl (C=O) groups is 1. The Labute approximate surface area is 158 Å². The molecule has 1 saturated heterocycles. The summed E-state index contributed by atoms with van der Waals surface area (Å²) in [7, 11) is 1.68. The fourth-order valence-electron chi connectivity index (χ4n) is 3.74.